The van der Waals surface area contributed by atoms with Crippen molar-refractivity contribution in [3.63, 3.8) is 0 Å². The summed E-state index contributed by atoms with van der Waals surface area (Å²) < 4.78 is 47.9. The van der Waals surface area contributed by atoms with Gasteiger partial charge in [0.25, 0.3) is 0 Å². The summed E-state index contributed by atoms with van der Waals surface area (Å²) in [5.74, 6) is -1.30. The van der Waals surface area contributed by atoms with Crippen molar-refractivity contribution in [3.8, 4) is 23.3 Å². The number of likely N-dealkylation sites (N-methyl/N-ethyl adjacent to an activating group) is 1. The number of morpholine rings is 1. The smallest absolute Gasteiger partial charge is 0.317 e. The number of nitrogens with two attached hydrogens (primary N) is 1. The highest BCUT2D eigenvalue weighted by Crippen LogP contribution is 2.44. The number of pyridine rings is 1. The van der Waals surface area contributed by atoms with E-state index in [-0.39, 0.29) is 69.3 Å². The van der Waals surface area contributed by atoms with Gasteiger partial charge in [-0.25, -0.2) is 13.8 Å². The van der Waals surface area contributed by atoms with Crippen LogP contribution in [0.15, 0.2) is 12.4 Å². The number of benzene rings is 1. The lowest BCUT2D eigenvalue weighted by molar-refractivity contribution is -0.0119. The maximum Gasteiger partial charge on any atom is 0.317 e. The number of halogens is 2. The number of aromatic nitrogens is 3. The first kappa shape index (κ1) is 22.9. The van der Waals surface area contributed by atoms with E-state index in [1.54, 1.807) is 0 Å². The number of nitrogen functional groups attached to an aromatic ring is 1. The van der Waals surface area contributed by atoms with Gasteiger partial charge in [-0.2, -0.15) is 10.2 Å². The molecule has 0 spiro atoms. The van der Waals surface area contributed by atoms with Gasteiger partial charge in [-0.1, -0.05) is 0 Å². The van der Waals surface area contributed by atoms with Crippen molar-refractivity contribution in [1.29, 1.82) is 5.26 Å². The highest BCUT2D eigenvalue weighted by atomic mass is 32.1. The normalized spacial score (nSPS) is 18.0. The molecular weight excluding hydrogens is 490 g/mol. The van der Waals surface area contributed by atoms with E-state index in [1.807, 2.05) is 13.1 Å². The molecule has 0 unspecified atom stereocenters. The SMILES string of the molecule is CN1CCOC[C@H]1COc1ncc2c3c(c(-c4ncc(F)c5sc(N)c(C#N)c45)c(F)c2n1)COC3. The summed E-state index contributed by atoms with van der Waals surface area (Å²) in [4.78, 5) is 15.0. The molecule has 0 aliphatic carbocycles. The summed E-state index contributed by atoms with van der Waals surface area (Å²) in [5, 5.41) is 10.5. The van der Waals surface area contributed by atoms with Gasteiger partial charge in [-0.3, -0.25) is 9.88 Å². The Morgan fingerprint density at radius 2 is 2.08 bits per heavy atom. The van der Waals surface area contributed by atoms with E-state index in [0.29, 0.717) is 29.7 Å². The number of thiophene rings is 1. The first-order valence-electron chi connectivity index (χ1n) is 11.2. The lowest BCUT2D eigenvalue weighted by Gasteiger charge is -2.31. The van der Waals surface area contributed by atoms with Crippen LogP contribution in [0.3, 0.4) is 0 Å². The third kappa shape index (κ3) is 3.55. The summed E-state index contributed by atoms with van der Waals surface area (Å²) in [5.41, 5.74) is 7.59. The molecule has 0 saturated carbocycles. The number of nitrogens with zero attached hydrogens (tertiary/aromatic N) is 5. The molecule has 1 fully saturated rings. The number of hydrogen-bond acceptors (Lipinski definition) is 10. The Morgan fingerprint density at radius 3 is 2.89 bits per heavy atom. The van der Waals surface area contributed by atoms with Crippen molar-refractivity contribution in [2.45, 2.75) is 19.3 Å². The van der Waals surface area contributed by atoms with Gasteiger partial charge < -0.3 is 19.9 Å². The largest absolute Gasteiger partial charge is 0.462 e. The molecule has 12 heteroatoms. The molecule has 0 amide bonds. The molecular formula is C24H20F2N6O3S. The Morgan fingerprint density at radius 1 is 1.25 bits per heavy atom. The van der Waals surface area contributed by atoms with Gasteiger partial charge in [-0.05, 0) is 18.2 Å². The van der Waals surface area contributed by atoms with Gasteiger partial charge in [-0.15, -0.1) is 11.3 Å². The summed E-state index contributed by atoms with van der Waals surface area (Å²) >= 11 is 0.931. The maximum absolute atomic E-state index is 16.2. The molecule has 1 aromatic carbocycles. The summed E-state index contributed by atoms with van der Waals surface area (Å²) in [6, 6.07) is 2.06. The lowest BCUT2D eigenvalue weighted by Crippen LogP contribution is -2.46. The van der Waals surface area contributed by atoms with E-state index in [9.17, 15) is 9.65 Å². The topological polar surface area (TPSA) is 119 Å². The Balaban J connectivity index is 1.51. The van der Waals surface area contributed by atoms with E-state index in [0.717, 1.165) is 24.1 Å². The summed E-state index contributed by atoms with van der Waals surface area (Å²) in [6.45, 7) is 2.61. The van der Waals surface area contributed by atoms with Crippen molar-refractivity contribution in [3.05, 3.63) is 40.7 Å². The molecule has 2 N–H and O–H groups in total. The molecule has 5 heterocycles. The lowest BCUT2D eigenvalue weighted by atomic mass is 9.94. The van der Waals surface area contributed by atoms with Gasteiger partial charge >= 0.3 is 6.01 Å². The van der Waals surface area contributed by atoms with Crippen LogP contribution in [0.5, 0.6) is 6.01 Å². The Labute approximate surface area is 208 Å². The minimum atomic E-state index is -0.673. The molecule has 184 valence electrons. The fourth-order valence-electron chi connectivity index (χ4n) is 4.69. The molecule has 1 saturated heterocycles. The molecule has 2 aliphatic rings. The maximum atomic E-state index is 16.2. The van der Waals surface area contributed by atoms with E-state index < -0.39 is 11.6 Å². The number of anilines is 1. The van der Waals surface area contributed by atoms with Crippen LogP contribution in [0.25, 0.3) is 32.2 Å². The van der Waals surface area contributed by atoms with Crippen LogP contribution in [0.1, 0.15) is 16.7 Å². The molecule has 2 aliphatic heterocycles. The zero-order chi connectivity index (χ0) is 25.0. The third-order valence-electron chi connectivity index (χ3n) is 6.65. The fourth-order valence-corrected chi connectivity index (χ4v) is 5.61. The van der Waals surface area contributed by atoms with E-state index in [1.165, 1.54) is 6.20 Å². The van der Waals surface area contributed by atoms with Crippen LogP contribution in [0.4, 0.5) is 13.8 Å². The predicted molar refractivity (Wildman–Crippen MR) is 128 cm³/mol. The minimum absolute atomic E-state index is 0.0250. The third-order valence-corrected chi connectivity index (χ3v) is 7.68. The van der Waals surface area contributed by atoms with Crippen LogP contribution in [-0.4, -0.2) is 59.3 Å². The van der Waals surface area contributed by atoms with E-state index >= 15 is 4.39 Å². The van der Waals surface area contributed by atoms with Crippen molar-refractivity contribution >= 4 is 37.3 Å². The number of nitriles is 1. The van der Waals surface area contributed by atoms with E-state index in [4.69, 9.17) is 19.9 Å². The fraction of sp³-hybridized carbons (Fsp3) is 0.333. The highest BCUT2D eigenvalue weighted by molar-refractivity contribution is 7.23. The molecule has 3 aromatic heterocycles. The Bertz CT molecular complexity index is 1570. The second-order valence-electron chi connectivity index (χ2n) is 8.69. The van der Waals surface area contributed by atoms with Crippen LogP contribution in [-0.2, 0) is 22.7 Å². The van der Waals surface area contributed by atoms with Crippen LogP contribution >= 0.6 is 11.3 Å². The molecule has 1 atom stereocenters. The van der Waals surface area contributed by atoms with Crippen molar-refractivity contribution < 1.29 is 23.0 Å². The average molecular weight is 511 g/mol. The molecule has 9 nitrogen and oxygen atoms in total. The number of fused-ring (bicyclic) bond motifs is 4. The van der Waals surface area contributed by atoms with Crippen molar-refractivity contribution in [2.75, 3.05) is 39.1 Å². The quantitative estimate of drug-likeness (QED) is 0.441. The first-order chi connectivity index (χ1) is 17.5. The van der Waals surface area contributed by atoms with E-state index in [2.05, 4.69) is 19.9 Å². The van der Waals surface area contributed by atoms with Gasteiger partial charge in [0.2, 0.25) is 0 Å². The van der Waals surface area contributed by atoms with Gasteiger partial charge in [0.1, 0.15) is 23.2 Å². The number of ether oxygens (including phenoxy) is 3. The highest BCUT2D eigenvalue weighted by Gasteiger charge is 2.30. The second kappa shape index (κ2) is 8.86. The molecule has 0 radical (unpaired) electrons. The molecule has 36 heavy (non-hydrogen) atoms. The van der Waals surface area contributed by atoms with Crippen LogP contribution in [0, 0.1) is 23.0 Å². The Hall–Kier alpha value is -3.50. The van der Waals surface area contributed by atoms with Crippen LogP contribution in [0.2, 0.25) is 0 Å². The minimum Gasteiger partial charge on any atom is -0.462 e. The molecule has 6 rings (SSSR count). The number of hydrogen-bond donors (Lipinski definition) is 1. The first-order valence-corrected chi connectivity index (χ1v) is 12.0. The number of rotatable bonds is 4. The summed E-state index contributed by atoms with van der Waals surface area (Å²) in [6.07, 6.45) is 2.54. The van der Waals surface area contributed by atoms with Gasteiger partial charge in [0.05, 0.1) is 54.6 Å². The van der Waals surface area contributed by atoms with Crippen molar-refractivity contribution in [1.82, 2.24) is 19.9 Å². The van der Waals surface area contributed by atoms with Crippen molar-refractivity contribution in [2.24, 2.45) is 0 Å². The molecule has 4 aromatic rings. The zero-order valence-corrected chi connectivity index (χ0v) is 20.0. The van der Waals surface area contributed by atoms with Gasteiger partial charge in [0, 0.05) is 29.1 Å². The van der Waals surface area contributed by atoms with Crippen LogP contribution < -0.4 is 10.5 Å². The van der Waals surface area contributed by atoms with Gasteiger partial charge in [0.15, 0.2) is 11.6 Å². The zero-order valence-electron chi connectivity index (χ0n) is 19.2. The second-order valence-corrected chi connectivity index (χ2v) is 9.74. The monoisotopic (exact) mass is 510 g/mol. The Kier molecular flexibility index (Phi) is 5.65. The standard InChI is InChI=1S/C24H20F2N6O3S/c1-32-2-3-33-7-11(32)8-35-24-30-5-13-14-9-34-10-15(14)17(19(26)20(13)31-24)21-18-12(4-27)23(28)36-22(18)16(25)6-29-21/h5-6,11H,2-3,7-10,28H2,1H3/t11-/m0/s1. The summed E-state index contributed by atoms with van der Waals surface area (Å²) in [7, 11) is 1.98. The molecule has 0 bridgehead atoms. The average Bonchev–Trinajstić information content (AvgIpc) is 3.49. The predicted octanol–water partition coefficient (Wildman–Crippen LogP) is 3.38.